The molecular weight excluding hydrogens is 285 g/mol. The van der Waals surface area contributed by atoms with E-state index in [2.05, 4.69) is 10.1 Å². The van der Waals surface area contributed by atoms with Crippen LogP contribution in [0.15, 0.2) is 40.7 Å². The van der Waals surface area contributed by atoms with Crippen LogP contribution in [-0.4, -0.2) is 23.3 Å². The van der Waals surface area contributed by atoms with Gasteiger partial charge in [0.05, 0.1) is 6.33 Å². The second kappa shape index (κ2) is 6.70. The van der Waals surface area contributed by atoms with Gasteiger partial charge in [0.25, 0.3) is 5.89 Å². The van der Waals surface area contributed by atoms with Crippen molar-refractivity contribution in [1.82, 2.24) is 10.1 Å². The van der Waals surface area contributed by atoms with E-state index in [1.54, 1.807) is 12.1 Å². The predicted octanol–water partition coefficient (Wildman–Crippen LogP) is 3.23. The molecule has 22 heavy (non-hydrogen) atoms. The molecule has 0 fully saturated rings. The molecule has 0 aliphatic carbocycles. The van der Waals surface area contributed by atoms with Crippen molar-refractivity contribution in [3.8, 4) is 17.2 Å². The fourth-order valence-electron chi connectivity index (χ4n) is 1.65. The van der Waals surface area contributed by atoms with Gasteiger partial charge in [-0.1, -0.05) is 25.9 Å². The molecule has 2 rings (SSSR count). The summed E-state index contributed by atoms with van der Waals surface area (Å²) in [6.07, 6.45) is 0.473. The lowest BCUT2D eigenvalue weighted by molar-refractivity contribution is 0.347. The summed E-state index contributed by atoms with van der Waals surface area (Å²) in [5.74, 6) is 1.73. The van der Waals surface area contributed by atoms with Gasteiger partial charge in [-0.25, -0.2) is 4.39 Å². The van der Waals surface area contributed by atoms with Crippen molar-refractivity contribution < 1.29 is 13.7 Å². The average Bonchev–Trinajstić information content (AvgIpc) is 2.99. The van der Waals surface area contributed by atoms with Crippen molar-refractivity contribution in [2.45, 2.75) is 26.2 Å². The van der Waals surface area contributed by atoms with E-state index in [-0.39, 0.29) is 18.6 Å². The summed E-state index contributed by atoms with van der Waals surface area (Å²) in [7, 11) is 0. The van der Waals surface area contributed by atoms with Gasteiger partial charge in [-0.05, 0) is 24.3 Å². The third-order valence-electron chi connectivity index (χ3n) is 3.04. The molecule has 2 N–H and O–H groups in total. The summed E-state index contributed by atoms with van der Waals surface area (Å²) < 4.78 is 23.1. The number of ether oxygens (including phenoxy) is 1. The van der Waals surface area contributed by atoms with Crippen molar-refractivity contribution in [3.05, 3.63) is 42.0 Å². The van der Waals surface area contributed by atoms with Crippen LogP contribution in [0.4, 0.5) is 4.39 Å². The summed E-state index contributed by atoms with van der Waals surface area (Å²) in [6.45, 7) is 6.32. The molecule has 6 heteroatoms. The first-order valence-corrected chi connectivity index (χ1v) is 6.99. The Morgan fingerprint density at radius 3 is 2.50 bits per heavy atom. The molecule has 118 valence electrons. The van der Waals surface area contributed by atoms with Crippen LogP contribution in [-0.2, 0) is 5.41 Å². The predicted molar refractivity (Wildman–Crippen MR) is 82.2 cm³/mol. The van der Waals surface area contributed by atoms with Crippen molar-refractivity contribution in [2.24, 2.45) is 5.73 Å². The van der Waals surface area contributed by atoms with E-state index in [0.29, 0.717) is 29.4 Å². The molecule has 1 aromatic carbocycles. The monoisotopic (exact) mass is 305 g/mol. The molecule has 0 aliphatic rings. The van der Waals surface area contributed by atoms with Gasteiger partial charge in [0.1, 0.15) is 12.4 Å². The highest BCUT2D eigenvalue weighted by atomic mass is 19.1. The van der Waals surface area contributed by atoms with E-state index in [9.17, 15) is 4.39 Å². The summed E-state index contributed by atoms with van der Waals surface area (Å²) in [6, 6.07) is 7.17. The fourth-order valence-corrected chi connectivity index (χ4v) is 1.65. The second-order valence-electron chi connectivity index (χ2n) is 5.96. The Morgan fingerprint density at radius 2 is 2.00 bits per heavy atom. The van der Waals surface area contributed by atoms with Crippen LogP contribution < -0.4 is 10.5 Å². The van der Waals surface area contributed by atoms with Gasteiger partial charge in [-0.15, -0.1) is 0 Å². The molecule has 2 aromatic rings. The average molecular weight is 305 g/mol. The molecule has 0 amide bonds. The van der Waals surface area contributed by atoms with E-state index in [0.717, 1.165) is 5.56 Å². The van der Waals surface area contributed by atoms with E-state index in [1.807, 2.05) is 32.9 Å². The minimum absolute atomic E-state index is 0.126. The molecule has 1 aromatic heterocycles. The maximum Gasteiger partial charge on any atom is 0.257 e. The fraction of sp³-hybridized carbons (Fsp3) is 0.375. The highest BCUT2D eigenvalue weighted by Crippen LogP contribution is 2.25. The molecule has 1 heterocycles. The van der Waals surface area contributed by atoms with Gasteiger partial charge in [0.15, 0.2) is 5.82 Å². The van der Waals surface area contributed by atoms with Crippen molar-refractivity contribution in [1.29, 1.82) is 0 Å². The Bertz CT molecular complexity index is 642. The number of halogens is 1. The van der Waals surface area contributed by atoms with Crippen LogP contribution >= 0.6 is 0 Å². The lowest BCUT2D eigenvalue weighted by Crippen LogP contribution is -2.13. The normalized spacial score (nSPS) is 12.5. The second-order valence-corrected chi connectivity index (χ2v) is 5.96. The SMILES string of the molecule is CC(C)(C)c1noc(-c2ccc(OC/C(=C/F)CN)cc2)n1. The zero-order valence-electron chi connectivity index (χ0n) is 13.0. The van der Waals surface area contributed by atoms with Crippen LogP contribution in [0, 0.1) is 0 Å². The first kappa shape index (κ1) is 16.2. The van der Waals surface area contributed by atoms with Gasteiger partial charge in [0.2, 0.25) is 0 Å². The highest BCUT2D eigenvalue weighted by Gasteiger charge is 2.21. The number of rotatable bonds is 5. The molecule has 0 radical (unpaired) electrons. The molecule has 0 unspecified atom stereocenters. The number of nitrogens with two attached hydrogens (primary N) is 1. The first-order valence-electron chi connectivity index (χ1n) is 6.99. The number of aromatic nitrogens is 2. The zero-order valence-corrected chi connectivity index (χ0v) is 13.0. The maximum absolute atomic E-state index is 12.4. The van der Waals surface area contributed by atoms with Crippen LogP contribution in [0.2, 0.25) is 0 Å². The summed E-state index contributed by atoms with van der Waals surface area (Å²) in [4.78, 5) is 4.39. The third kappa shape index (κ3) is 3.92. The van der Waals surface area contributed by atoms with Crippen LogP contribution in [0.25, 0.3) is 11.5 Å². The van der Waals surface area contributed by atoms with Gasteiger partial charge in [-0.2, -0.15) is 4.98 Å². The van der Waals surface area contributed by atoms with Crippen molar-refractivity contribution >= 4 is 0 Å². The molecular formula is C16H20FN3O2. The zero-order chi connectivity index (χ0) is 16.2. The molecule has 0 bridgehead atoms. The van der Waals surface area contributed by atoms with E-state index >= 15 is 0 Å². The standard InChI is InChI=1S/C16H20FN3O2/c1-16(2,3)15-19-14(22-20-15)12-4-6-13(7-5-12)21-10-11(8-17)9-18/h4-8H,9-10,18H2,1-3H3/b11-8+. The van der Waals surface area contributed by atoms with Crippen LogP contribution in [0.1, 0.15) is 26.6 Å². The largest absolute Gasteiger partial charge is 0.489 e. The first-order chi connectivity index (χ1) is 10.4. The number of benzene rings is 1. The van der Waals surface area contributed by atoms with E-state index in [1.165, 1.54) is 0 Å². The molecule has 0 saturated heterocycles. The molecule has 0 saturated carbocycles. The lowest BCUT2D eigenvalue weighted by Gasteiger charge is -2.10. The minimum Gasteiger partial charge on any atom is -0.489 e. The summed E-state index contributed by atoms with van der Waals surface area (Å²) >= 11 is 0. The molecule has 5 nitrogen and oxygen atoms in total. The Balaban J connectivity index is 2.07. The molecule has 0 spiro atoms. The van der Waals surface area contributed by atoms with Crippen LogP contribution in [0.3, 0.4) is 0 Å². The highest BCUT2D eigenvalue weighted by molar-refractivity contribution is 5.54. The van der Waals surface area contributed by atoms with E-state index < -0.39 is 0 Å². The summed E-state index contributed by atoms with van der Waals surface area (Å²) in [5, 5.41) is 3.99. The number of hydrogen-bond acceptors (Lipinski definition) is 5. The third-order valence-corrected chi connectivity index (χ3v) is 3.04. The minimum atomic E-state index is -0.165. The van der Waals surface area contributed by atoms with Crippen LogP contribution in [0.5, 0.6) is 5.75 Å². The maximum atomic E-state index is 12.4. The van der Waals surface area contributed by atoms with Gasteiger partial charge in [0, 0.05) is 23.1 Å². The van der Waals surface area contributed by atoms with Crippen molar-refractivity contribution in [2.75, 3.05) is 13.2 Å². The molecule has 0 atom stereocenters. The summed E-state index contributed by atoms with van der Waals surface area (Å²) in [5.41, 5.74) is 6.40. The topological polar surface area (TPSA) is 74.2 Å². The number of nitrogens with zero attached hydrogens (tertiary/aromatic N) is 2. The van der Waals surface area contributed by atoms with Gasteiger partial charge in [-0.3, -0.25) is 0 Å². The van der Waals surface area contributed by atoms with Crippen molar-refractivity contribution in [3.63, 3.8) is 0 Å². The quantitative estimate of drug-likeness (QED) is 0.918. The smallest absolute Gasteiger partial charge is 0.257 e. The number of hydrogen-bond donors (Lipinski definition) is 1. The molecule has 0 aliphatic heterocycles. The van der Waals surface area contributed by atoms with E-state index in [4.69, 9.17) is 15.0 Å². The van der Waals surface area contributed by atoms with Gasteiger partial charge >= 0.3 is 0 Å². The Hall–Kier alpha value is -2.21. The Morgan fingerprint density at radius 1 is 1.32 bits per heavy atom. The van der Waals surface area contributed by atoms with Gasteiger partial charge < -0.3 is 15.0 Å². The Kier molecular flexibility index (Phi) is 4.92. The Labute approximate surface area is 129 Å². The lowest BCUT2D eigenvalue weighted by atomic mass is 9.96.